The minimum absolute atomic E-state index is 0.178. The van der Waals surface area contributed by atoms with E-state index in [-0.39, 0.29) is 18.5 Å². The van der Waals surface area contributed by atoms with Gasteiger partial charge in [0.25, 0.3) is 5.91 Å². The fraction of sp³-hybridized carbons (Fsp3) is 0.462. The number of rotatable bonds is 4. The van der Waals surface area contributed by atoms with Crippen LogP contribution in [0.4, 0.5) is 17.6 Å². The summed E-state index contributed by atoms with van der Waals surface area (Å²) < 4.78 is 51.2. The van der Waals surface area contributed by atoms with E-state index < -0.39 is 29.0 Å². The third kappa shape index (κ3) is 3.27. The highest BCUT2D eigenvalue weighted by atomic mass is 19.4. The molecular weight excluding hydrogens is 276 g/mol. The molecule has 1 aliphatic rings. The zero-order valence-corrected chi connectivity index (χ0v) is 10.5. The third-order valence-corrected chi connectivity index (χ3v) is 3.30. The maximum atomic E-state index is 13.5. The molecule has 1 fully saturated rings. The quantitative estimate of drug-likeness (QED) is 0.836. The Labute approximate surface area is 113 Å². The minimum Gasteiger partial charge on any atom is -0.348 e. The van der Waals surface area contributed by atoms with Crippen LogP contribution in [0.1, 0.15) is 28.8 Å². The first kappa shape index (κ1) is 14.8. The van der Waals surface area contributed by atoms with Gasteiger partial charge in [-0.1, -0.05) is 0 Å². The largest absolute Gasteiger partial charge is 0.416 e. The molecule has 1 saturated carbocycles. The Morgan fingerprint density at radius 2 is 2.05 bits per heavy atom. The van der Waals surface area contributed by atoms with Crippen molar-refractivity contribution >= 4 is 5.91 Å². The number of carbonyl (C=O) groups is 1. The van der Waals surface area contributed by atoms with Gasteiger partial charge in [0.05, 0.1) is 11.1 Å². The summed E-state index contributed by atoms with van der Waals surface area (Å²) in [5.41, 5.74) is 3.82. The van der Waals surface area contributed by atoms with Crippen LogP contribution in [-0.2, 0) is 6.18 Å². The molecule has 0 radical (unpaired) electrons. The van der Waals surface area contributed by atoms with E-state index >= 15 is 0 Å². The second kappa shape index (κ2) is 5.40. The molecule has 0 aromatic heterocycles. The highest BCUT2D eigenvalue weighted by Crippen LogP contribution is 2.33. The average Bonchev–Trinajstić information content (AvgIpc) is 3.19. The van der Waals surface area contributed by atoms with E-state index in [1.807, 2.05) is 0 Å². The van der Waals surface area contributed by atoms with Crippen molar-refractivity contribution in [3.63, 3.8) is 0 Å². The summed E-state index contributed by atoms with van der Waals surface area (Å²) in [6, 6.07) is 1.45. The number of amides is 1. The summed E-state index contributed by atoms with van der Waals surface area (Å²) in [6.45, 7) is 0.178. The highest BCUT2D eigenvalue weighted by Gasteiger charge is 2.34. The van der Waals surface area contributed by atoms with E-state index in [9.17, 15) is 22.4 Å². The van der Waals surface area contributed by atoms with E-state index in [4.69, 9.17) is 5.73 Å². The van der Waals surface area contributed by atoms with E-state index in [1.165, 1.54) is 0 Å². The molecule has 0 aliphatic heterocycles. The van der Waals surface area contributed by atoms with Gasteiger partial charge in [0.15, 0.2) is 0 Å². The van der Waals surface area contributed by atoms with Crippen molar-refractivity contribution in [3.8, 4) is 0 Å². The predicted octanol–water partition coefficient (Wildman–Crippen LogP) is 2.31. The summed E-state index contributed by atoms with van der Waals surface area (Å²) in [5.74, 6) is -1.61. The first-order valence-corrected chi connectivity index (χ1v) is 6.20. The standard InChI is InChI=1S/C13H14F4N2O/c14-10-4-3-8(13(15,16)17)5-9(10)12(20)19-11(6-18)7-1-2-7/h3-5,7,11H,1-2,6,18H2,(H,19,20). The number of alkyl halides is 3. The van der Waals surface area contributed by atoms with Crippen LogP contribution >= 0.6 is 0 Å². The highest BCUT2D eigenvalue weighted by molar-refractivity contribution is 5.95. The van der Waals surface area contributed by atoms with Gasteiger partial charge in [-0.25, -0.2) is 4.39 Å². The molecule has 1 unspecified atom stereocenters. The van der Waals surface area contributed by atoms with Crippen LogP contribution in [0, 0.1) is 11.7 Å². The van der Waals surface area contributed by atoms with Gasteiger partial charge in [0, 0.05) is 12.6 Å². The smallest absolute Gasteiger partial charge is 0.348 e. The fourth-order valence-corrected chi connectivity index (χ4v) is 1.99. The lowest BCUT2D eigenvalue weighted by Gasteiger charge is -2.17. The van der Waals surface area contributed by atoms with Crippen LogP contribution < -0.4 is 11.1 Å². The second-order valence-corrected chi connectivity index (χ2v) is 4.85. The van der Waals surface area contributed by atoms with Gasteiger partial charge in [-0.15, -0.1) is 0 Å². The minimum atomic E-state index is -4.62. The van der Waals surface area contributed by atoms with E-state index in [0.717, 1.165) is 12.8 Å². The molecule has 1 aromatic rings. The Hall–Kier alpha value is -1.63. The summed E-state index contributed by atoms with van der Waals surface area (Å²) >= 11 is 0. The van der Waals surface area contributed by atoms with Gasteiger partial charge in [-0.3, -0.25) is 4.79 Å². The zero-order chi connectivity index (χ0) is 14.9. The molecule has 3 nitrogen and oxygen atoms in total. The fourth-order valence-electron chi connectivity index (χ4n) is 1.99. The first-order chi connectivity index (χ1) is 9.32. The predicted molar refractivity (Wildman–Crippen MR) is 64.4 cm³/mol. The molecule has 1 amide bonds. The topological polar surface area (TPSA) is 55.1 Å². The summed E-state index contributed by atoms with van der Waals surface area (Å²) in [7, 11) is 0. The van der Waals surface area contributed by atoms with Gasteiger partial charge in [-0.05, 0) is 37.0 Å². The molecule has 7 heteroatoms. The molecule has 1 atom stereocenters. The number of halogens is 4. The molecular formula is C13H14F4N2O. The Morgan fingerprint density at radius 3 is 2.55 bits per heavy atom. The molecule has 0 bridgehead atoms. The Morgan fingerprint density at radius 1 is 1.40 bits per heavy atom. The number of nitrogens with one attached hydrogen (secondary N) is 1. The van der Waals surface area contributed by atoms with Crippen LogP contribution in [0.3, 0.4) is 0 Å². The summed E-state index contributed by atoms with van der Waals surface area (Å²) in [4.78, 5) is 11.9. The molecule has 1 aromatic carbocycles. The zero-order valence-electron chi connectivity index (χ0n) is 10.5. The molecule has 2 rings (SSSR count). The number of benzene rings is 1. The van der Waals surface area contributed by atoms with Crippen molar-refractivity contribution in [1.29, 1.82) is 0 Å². The number of nitrogens with two attached hydrogens (primary N) is 1. The maximum Gasteiger partial charge on any atom is 0.416 e. The van der Waals surface area contributed by atoms with Gasteiger partial charge < -0.3 is 11.1 Å². The van der Waals surface area contributed by atoms with Crippen LogP contribution in [0.15, 0.2) is 18.2 Å². The van der Waals surface area contributed by atoms with E-state index in [2.05, 4.69) is 5.32 Å². The van der Waals surface area contributed by atoms with E-state index in [0.29, 0.717) is 18.2 Å². The molecule has 3 N–H and O–H groups in total. The number of carbonyl (C=O) groups excluding carboxylic acids is 1. The van der Waals surface area contributed by atoms with Crippen LogP contribution in [0.25, 0.3) is 0 Å². The van der Waals surface area contributed by atoms with Crippen LogP contribution in [0.5, 0.6) is 0 Å². The normalized spacial score (nSPS) is 16.9. The summed E-state index contributed by atoms with van der Waals surface area (Å²) in [5, 5.41) is 2.49. The Balaban J connectivity index is 2.20. The monoisotopic (exact) mass is 290 g/mol. The van der Waals surface area contributed by atoms with Crippen molar-refractivity contribution in [1.82, 2.24) is 5.32 Å². The Kier molecular flexibility index (Phi) is 3.99. The number of hydrogen-bond acceptors (Lipinski definition) is 2. The second-order valence-electron chi connectivity index (χ2n) is 4.85. The molecule has 0 saturated heterocycles. The molecule has 1 aliphatic carbocycles. The Bertz CT molecular complexity index is 512. The van der Waals surface area contributed by atoms with Gasteiger partial charge in [0.1, 0.15) is 5.82 Å². The van der Waals surface area contributed by atoms with Crippen molar-refractivity contribution in [2.75, 3.05) is 6.54 Å². The molecule has 20 heavy (non-hydrogen) atoms. The van der Waals surface area contributed by atoms with Crippen molar-refractivity contribution in [2.45, 2.75) is 25.1 Å². The lowest BCUT2D eigenvalue weighted by Crippen LogP contribution is -2.42. The van der Waals surface area contributed by atoms with E-state index in [1.54, 1.807) is 0 Å². The lowest BCUT2D eigenvalue weighted by molar-refractivity contribution is -0.137. The lowest BCUT2D eigenvalue weighted by atomic mass is 10.1. The summed E-state index contributed by atoms with van der Waals surface area (Å²) in [6.07, 6.45) is -2.80. The van der Waals surface area contributed by atoms with Crippen molar-refractivity contribution in [2.24, 2.45) is 11.7 Å². The SMILES string of the molecule is NCC(NC(=O)c1cc(C(F)(F)F)ccc1F)C1CC1. The first-order valence-electron chi connectivity index (χ1n) is 6.20. The van der Waals surface area contributed by atoms with Crippen LogP contribution in [-0.4, -0.2) is 18.5 Å². The average molecular weight is 290 g/mol. The van der Waals surface area contributed by atoms with Gasteiger partial charge in [0.2, 0.25) is 0 Å². The number of hydrogen-bond donors (Lipinski definition) is 2. The molecule has 0 heterocycles. The molecule has 0 spiro atoms. The van der Waals surface area contributed by atoms with Gasteiger partial charge in [-0.2, -0.15) is 13.2 Å². The van der Waals surface area contributed by atoms with Crippen molar-refractivity contribution < 1.29 is 22.4 Å². The van der Waals surface area contributed by atoms with Gasteiger partial charge >= 0.3 is 6.18 Å². The van der Waals surface area contributed by atoms with Crippen molar-refractivity contribution in [3.05, 3.63) is 35.1 Å². The molecule has 110 valence electrons. The maximum absolute atomic E-state index is 13.5. The third-order valence-electron chi connectivity index (χ3n) is 3.30. The van der Waals surface area contributed by atoms with Crippen LogP contribution in [0.2, 0.25) is 0 Å².